The lowest BCUT2D eigenvalue weighted by Crippen LogP contribution is -2.47. The van der Waals surface area contributed by atoms with E-state index in [9.17, 15) is 20.8 Å². The molecule has 0 radical (unpaired) electrons. The summed E-state index contributed by atoms with van der Waals surface area (Å²) in [5, 5.41) is 51.5. The molecule has 0 aliphatic carbocycles. The molecule has 0 spiro atoms. The predicted molar refractivity (Wildman–Crippen MR) is 120 cm³/mol. The van der Waals surface area contributed by atoms with Crippen LogP contribution in [0.1, 0.15) is 11.4 Å². The van der Waals surface area contributed by atoms with Gasteiger partial charge in [0, 0.05) is 38.1 Å². The standard InChI is InChI=1S/C18H12Cl4N6O4/c1-7-17(27(31)15-5-11(21)9(19)3-13(15)25(7)29)23-24-18-8(2)26(30)14-4-10(20)12(22)6-16(14)28(18)32/h3-6,23-24H,1-2H3. The summed E-state index contributed by atoms with van der Waals surface area (Å²) in [5.74, 6) is -0.450. The van der Waals surface area contributed by atoms with Crippen LogP contribution in [0.25, 0.3) is 22.1 Å². The number of rotatable bonds is 3. The molecule has 0 amide bonds. The van der Waals surface area contributed by atoms with Gasteiger partial charge in [0.05, 0.1) is 20.1 Å². The van der Waals surface area contributed by atoms with Crippen LogP contribution in [-0.2, 0) is 0 Å². The lowest BCUT2D eigenvalue weighted by atomic mass is 10.2. The average Bonchev–Trinajstić information content (AvgIpc) is 2.75. The summed E-state index contributed by atoms with van der Waals surface area (Å²) in [6, 6.07) is 5.05. The van der Waals surface area contributed by atoms with Crippen molar-refractivity contribution in [2.24, 2.45) is 0 Å². The molecule has 0 saturated heterocycles. The number of anilines is 2. The quantitative estimate of drug-likeness (QED) is 0.243. The number of hydrazine groups is 1. The maximum atomic E-state index is 12.9. The average molecular weight is 518 g/mol. The molecular weight excluding hydrogens is 506 g/mol. The minimum absolute atomic E-state index is 0.00199. The first kappa shape index (κ1) is 22.3. The molecule has 0 fully saturated rings. The molecule has 4 aromatic rings. The van der Waals surface area contributed by atoms with Crippen LogP contribution in [-0.4, -0.2) is 0 Å². The van der Waals surface area contributed by atoms with E-state index in [1.54, 1.807) is 0 Å². The van der Waals surface area contributed by atoms with Gasteiger partial charge in [0.15, 0.2) is 0 Å². The summed E-state index contributed by atoms with van der Waals surface area (Å²) in [7, 11) is 0. The molecule has 0 aliphatic heterocycles. The van der Waals surface area contributed by atoms with Crippen molar-refractivity contribution in [2.45, 2.75) is 13.8 Å². The normalized spacial score (nSPS) is 11.3. The van der Waals surface area contributed by atoms with Crippen molar-refractivity contribution in [1.82, 2.24) is 0 Å². The van der Waals surface area contributed by atoms with Crippen molar-refractivity contribution in [2.75, 3.05) is 10.9 Å². The maximum Gasteiger partial charge on any atom is 0.387 e. The molecule has 2 aromatic carbocycles. The van der Waals surface area contributed by atoms with Gasteiger partial charge in [0.1, 0.15) is 0 Å². The van der Waals surface area contributed by atoms with Crippen molar-refractivity contribution in [3.63, 3.8) is 0 Å². The topological polar surface area (TPSA) is 132 Å². The van der Waals surface area contributed by atoms with Gasteiger partial charge < -0.3 is 20.8 Å². The minimum Gasteiger partial charge on any atom is -0.710 e. The largest absolute Gasteiger partial charge is 0.710 e. The van der Waals surface area contributed by atoms with Gasteiger partial charge in [-0.3, -0.25) is 0 Å². The van der Waals surface area contributed by atoms with Gasteiger partial charge in [-0.2, -0.15) is 9.46 Å². The zero-order valence-corrected chi connectivity index (χ0v) is 19.3. The van der Waals surface area contributed by atoms with Gasteiger partial charge in [-0.1, -0.05) is 57.3 Å². The molecule has 0 atom stereocenters. The number of nitrogens with one attached hydrogen (secondary N) is 2. The van der Waals surface area contributed by atoms with E-state index in [2.05, 4.69) is 10.9 Å². The number of hydrogen-bond donors (Lipinski definition) is 2. The molecule has 10 nitrogen and oxygen atoms in total. The molecule has 14 heteroatoms. The molecule has 2 aromatic heterocycles. The summed E-state index contributed by atoms with van der Waals surface area (Å²) >= 11 is 23.9. The Balaban J connectivity index is 1.84. The van der Waals surface area contributed by atoms with Gasteiger partial charge in [0.25, 0.3) is 22.4 Å². The molecular formula is C18H12Cl4N6O4. The smallest absolute Gasteiger partial charge is 0.387 e. The van der Waals surface area contributed by atoms with Crippen LogP contribution in [0.15, 0.2) is 24.3 Å². The van der Waals surface area contributed by atoms with E-state index in [1.165, 1.54) is 38.1 Å². The van der Waals surface area contributed by atoms with Gasteiger partial charge >= 0.3 is 11.6 Å². The summed E-state index contributed by atoms with van der Waals surface area (Å²) < 4.78 is 1.82. The van der Waals surface area contributed by atoms with E-state index < -0.39 is 0 Å². The summed E-state index contributed by atoms with van der Waals surface area (Å²) in [6.07, 6.45) is 0. The Morgan fingerprint density at radius 2 is 0.781 bits per heavy atom. The highest BCUT2D eigenvalue weighted by molar-refractivity contribution is 6.43. The Morgan fingerprint density at radius 1 is 0.531 bits per heavy atom. The van der Waals surface area contributed by atoms with E-state index in [0.29, 0.717) is 18.9 Å². The summed E-state index contributed by atoms with van der Waals surface area (Å²) in [6.45, 7) is 2.78. The highest BCUT2D eigenvalue weighted by Crippen LogP contribution is 2.27. The molecule has 2 N–H and O–H groups in total. The second-order valence-corrected chi connectivity index (χ2v) is 8.43. The van der Waals surface area contributed by atoms with Crippen molar-refractivity contribution < 1.29 is 18.9 Å². The van der Waals surface area contributed by atoms with E-state index in [0.717, 1.165) is 0 Å². The number of halogens is 4. The third-order valence-corrected chi connectivity index (χ3v) is 6.35. The molecule has 0 bridgehead atoms. The van der Waals surface area contributed by atoms with Crippen LogP contribution in [0.3, 0.4) is 0 Å². The second-order valence-electron chi connectivity index (χ2n) is 6.81. The molecule has 0 saturated carbocycles. The van der Waals surface area contributed by atoms with E-state index in [-0.39, 0.29) is 65.2 Å². The highest BCUT2D eigenvalue weighted by atomic mass is 35.5. The van der Waals surface area contributed by atoms with E-state index in [1.807, 2.05) is 0 Å². The third kappa shape index (κ3) is 3.36. The van der Waals surface area contributed by atoms with Gasteiger partial charge in [-0.05, 0) is 0 Å². The SMILES string of the molecule is Cc1c(NNc2c(C)[n+]([O-])c3cc(Cl)c(Cl)cc3[n+]2[O-])[n+]([O-])c2cc(Cl)c(Cl)cc2[n+]1[O-]. The second kappa shape index (κ2) is 7.89. The van der Waals surface area contributed by atoms with Crippen molar-refractivity contribution >= 4 is 80.1 Å². The summed E-state index contributed by atoms with van der Waals surface area (Å²) in [4.78, 5) is 0. The first-order valence-corrected chi connectivity index (χ1v) is 10.3. The van der Waals surface area contributed by atoms with Gasteiger partial charge in [-0.15, -0.1) is 0 Å². The van der Waals surface area contributed by atoms with E-state index >= 15 is 0 Å². The Bertz CT molecular complexity index is 1340. The van der Waals surface area contributed by atoms with Crippen molar-refractivity contribution in [3.05, 3.63) is 76.6 Å². The Labute approximate surface area is 200 Å². The fourth-order valence-electron chi connectivity index (χ4n) is 3.19. The number of nitrogens with zero attached hydrogens (tertiary/aromatic N) is 4. The molecule has 0 unspecified atom stereocenters. The lowest BCUT2D eigenvalue weighted by Gasteiger charge is -2.16. The molecule has 4 rings (SSSR count). The van der Waals surface area contributed by atoms with Crippen LogP contribution in [0.2, 0.25) is 20.1 Å². The van der Waals surface area contributed by atoms with Crippen LogP contribution >= 0.6 is 46.4 Å². The minimum atomic E-state index is -0.225. The van der Waals surface area contributed by atoms with Gasteiger partial charge in [0.2, 0.25) is 11.0 Å². The van der Waals surface area contributed by atoms with Crippen LogP contribution in [0, 0.1) is 34.7 Å². The zero-order valence-electron chi connectivity index (χ0n) is 16.2. The van der Waals surface area contributed by atoms with Crippen LogP contribution < -0.4 is 29.8 Å². The Hall–Kier alpha value is -2.92. The first-order chi connectivity index (χ1) is 15.0. The van der Waals surface area contributed by atoms with Crippen LogP contribution in [0.5, 0.6) is 0 Å². The number of hydrogen-bond acceptors (Lipinski definition) is 6. The first-order valence-electron chi connectivity index (χ1n) is 8.83. The fourth-order valence-corrected chi connectivity index (χ4v) is 3.82. The summed E-state index contributed by atoms with van der Waals surface area (Å²) in [5.41, 5.74) is 4.90. The van der Waals surface area contributed by atoms with Crippen molar-refractivity contribution in [3.8, 4) is 0 Å². The number of aromatic nitrogens is 4. The highest BCUT2D eigenvalue weighted by Gasteiger charge is 2.30. The predicted octanol–water partition coefficient (Wildman–Crippen LogP) is 3.20. The fraction of sp³-hybridized carbons (Fsp3) is 0.111. The molecule has 166 valence electrons. The number of benzene rings is 2. The van der Waals surface area contributed by atoms with Crippen LogP contribution in [0.4, 0.5) is 11.6 Å². The monoisotopic (exact) mass is 516 g/mol. The molecule has 32 heavy (non-hydrogen) atoms. The zero-order chi connectivity index (χ0) is 23.5. The maximum absolute atomic E-state index is 12.9. The number of fused-ring (bicyclic) bond motifs is 2. The molecule has 0 aliphatic rings. The Kier molecular flexibility index (Phi) is 5.49. The molecule has 2 heterocycles. The van der Waals surface area contributed by atoms with E-state index in [4.69, 9.17) is 46.4 Å². The Morgan fingerprint density at radius 3 is 1.06 bits per heavy atom. The lowest BCUT2D eigenvalue weighted by molar-refractivity contribution is -0.625. The van der Waals surface area contributed by atoms with Gasteiger partial charge in [-0.25, -0.2) is 9.46 Å². The third-order valence-electron chi connectivity index (χ3n) is 4.91. The van der Waals surface area contributed by atoms with Crippen molar-refractivity contribution in [1.29, 1.82) is 0 Å².